The van der Waals surface area contributed by atoms with Crippen LogP contribution >= 0.6 is 11.8 Å². The first kappa shape index (κ1) is 22.6. The van der Waals surface area contributed by atoms with E-state index in [0.29, 0.717) is 19.6 Å². The first-order valence-corrected chi connectivity index (χ1v) is 10.1. The number of hydrogen-bond acceptors (Lipinski definition) is 4. The molecule has 0 saturated carbocycles. The molecule has 0 saturated heterocycles. The zero-order valence-corrected chi connectivity index (χ0v) is 16.8. The molecule has 0 radical (unpaired) electrons. The normalized spacial score (nSPS) is 11.4. The molecule has 1 aromatic carbocycles. The lowest BCUT2D eigenvalue weighted by atomic mass is 10.1. The third-order valence-electron chi connectivity index (χ3n) is 3.90. The molecule has 1 aromatic rings. The molecular weight excluding hydrogens is 353 g/mol. The Morgan fingerprint density at radius 2 is 1.81 bits per heavy atom. The minimum atomic E-state index is -0.809. The van der Waals surface area contributed by atoms with Crippen LogP contribution in [0, 0.1) is 5.82 Å². The van der Waals surface area contributed by atoms with E-state index < -0.39 is 5.60 Å². The highest BCUT2D eigenvalue weighted by molar-refractivity contribution is 8.13. The summed E-state index contributed by atoms with van der Waals surface area (Å²) in [5.74, 6) is -0.403. The molecule has 0 aromatic heterocycles. The van der Waals surface area contributed by atoms with E-state index in [2.05, 4.69) is 12.2 Å². The molecule has 0 atom stereocenters. The standard InChI is InChI=1S/C20H30FNO3S/c1-4-5-15-25-20(2,3)19(24)22-14-8-6-7-9-18(23)26-17-12-10-16(21)11-13-17/h10-13H,4-9,14-15H2,1-3H3,(H,22,24). The average Bonchev–Trinajstić information content (AvgIpc) is 2.60. The van der Waals surface area contributed by atoms with Gasteiger partial charge in [-0.1, -0.05) is 31.5 Å². The summed E-state index contributed by atoms with van der Waals surface area (Å²) >= 11 is 1.14. The Morgan fingerprint density at radius 1 is 1.12 bits per heavy atom. The Morgan fingerprint density at radius 3 is 2.46 bits per heavy atom. The SMILES string of the molecule is CCCCOC(C)(C)C(=O)NCCCCCC(=O)Sc1ccc(F)cc1. The quantitative estimate of drug-likeness (QED) is 0.419. The molecule has 0 unspecified atom stereocenters. The van der Waals surface area contributed by atoms with Crippen LogP contribution in [0.15, 0.2) is 29.2 Å². The van der Waals surface area contributed by atoms with Crippen molar-refractivity contribution in [2.75, 3.05) is 13.2 Å². The van der Waals surface area contributed by atoms with Gasteiger partial charge in [-0.05, 0) is 57.4 Å². The van der Waals surface area contributed by atoms with Crippen LogP contribution in [0.5, 0.6) is 0 Å². The maximum Gasteiger partial charge on any atom is 0.251 e. The largest absolute Gasteiger partial charge is 0.366 e. The summed E-state index contributed by atoms with van der Waals surface area (Å²) in [5.41, 5.74) is -0.809. The Hall–Kier alpha value is -1.40. The van der Waals surface area contributed by atoms with E-state index >= 15 is 0 Å². The van der Waals surface area contributed by atoms with Gasteiger partial charge in [-0.3, -0.25) is 9.59 Å². The van der Waals surface area contributed by atoms with Crippen molar-refractivity contribution in [3.05, 3.63) is 30.1 Å². The number of carbonyl (C=O) groups is 2. The molecular formula is C20H30FNO3S. The van der Waals surface area contributed by atoms with Crippen molar-refractivity contribution >= 4 is 22.8 Å². The van der Waals surface area contributed by atoms with Crippen LogP contribution in [0.2, 0.25) is 0 Å². The number of nitrogens with one attached hydrogen (secondary N) is 1. The predicted molar refractivity (Wildman–Crippen MR) is 104 cm³/mol. The highest BCUT2D eigenvalue weighted by Gasteiger charge is 2.27. The van der Waals surface area contributed by atoms with Gasteiger partial charge >= 0.3 is 0 Å². The lowest BCUT2D eigenvalue weighted by Crippen LogP contribution is -2.44. The molecule has 0 fully saturated rings. The van der Waals surface area contributed by atoms with E-state index in [4.69, 9.17) is 4.74 Å². The second kappa shape index (κ2) is 12.1. The average molecular weight is 384 g/mol. The zero-order valence-electron chi connectivity index (χ0n) is 16.0. The molecule has 26 heavy (non-hydrogen) atoms. The fourth-order valence-corrected chi connectivity index (χ4v) is 2.99. The van der Waals surface area contributed by atoms with E-state index in [9.17, 15) is 14.0 Å². The lowest BCUT2D eigenvalue weighted by molar-refractivity contribution is -0.142. The smallest absolute Gasteiger partial charge is 0.251 e. The summed E-state index contributed by atoms with van der Waals surface area (Å²) in [7, 11) is 0. The number of rotatable bonds is 12. The van der Waals surface area contributed by atoms with Crippen molar-refractivity contribution in [3.63, 3.8) is 0 Å². The molecule has 1 amide bonds. The van der Waals surface area contributed by atoms with E-state index in [1.165, 1.54) is 12.1 Å². The Labute approximate surface area is 160 Å². The second-order valence-electron chi connectivity index (χ2n) is 6.71. The molecule has 1 rings (SSSR count). The molecule has 0 aliphatic carbocycles. The first-order chi connectivity index (χ1) is 12.3. The van der Waals surface area contributed by atoms with Crippen LogP contribution in [0.3, 0.4) is 0 Å². The minimum absolute atomic E-state index is 0.0751. The topological polar surface area (TPSA) is 55.4 Å². The minimum Gasteiger partial charge on any atom is -0.366 e. The molecule has 0 bridgehead atoms. The van der Waals surface area contributed by atoms with Gasteiger partial charge in [0.2, 0.25) is 0 Å². The number of amides is 1. The number of benzene rings is 1. The molecule has 0 heterocycles. The van der Waals surface area contributed by atoms with Gasteiger partial charge < -0.3 is 10.1 Å². The van der Waals surface area contributed by atoms with Gasteiger partial charge in [0.25, 0.3) is 5.91 Å². The summed E-state index contributed by atoms with van der Waals surface area (Å²) < 4.78 is 18.4. The van der Waals surface area contributed by atoms with Crippen molar-refractivity contribution in [3.8, 4) is 0 Å². The molecule has 1 N–H and O–H groups in total. The number of halogens is 1. The van der Waals surface area contributed by atoms with Gasteiger partial charge in [-0.25, -0.2) is 4.39 Å². The number of thioether (sulfide) groups is 1. The van der Waals surface area contributed by atoms with Crippen molar-refractivity contribution in [1.29, 1.82) is 0 Å². The zero-order chi connectivity index (χ0) is 19.4. The van der Waals surface area contributed by atoms with Crippen molar-refractivity contribution < 1.29 is 18.7 Å². The van der Waals surface area contributed by atoms with E-state index in [-0.39, 0.29) is 16.8 Å². The highest BCUT2D eigenvalue weighted by Crippen LogP contribution is 2.21. The molecule has 0 spiro atoms. The summed E-state index contributed by atoms with van der Waals surface area (Å²) in [5, 5.41) is 2.97. The first-order valence-electron chi connectivity index (χ1n) is 9.23. The van der Waals surface area contributed by atoms with Crippen molar-refractivity contribution in [1.82, 2.24) is 5.32 Å². The number of ether oxygens (including phenoxy) is 1. The molecule has 0 aliphatic heterocycles. The van der Waals surface area contributed by atoms with Crippen LogP contribution in [-0.4, -0.2) is 29.8 Å². The highest BCUT2D eigenvalue weighted by atomic mass is 32.2. The second-order valence-corrected chi connectivity index (χ2v) is 7.84. The fourth-order valence-electron chi connectivity index (χ4n) is 2.21. The van der Waals surface area contributed by atoms with E-state index in [1.807, 2.05) is 0 Å². The van der Waals surface area contributed by atoms with Crippen LogP contribution in [-0.2, 0) is 14.3 Å². The van der Waals surface area contributed by atoms with Gasteiger partial charge in [-0.2, -0.15) is 0 Å². The Balaban J connectivity index is 2.11. The van der Waals surface area contributed by atoms with Crippen molar-refractivity contribution in [2.45, 2.75) is 69.8 Å². The number of unbranched alkanes of at least 4 members (excludes halogenated alkanes) is 3. The van der Waals surface area contributed by atoms with Gasteiger partial charge in [-0.15, -0.1) is 0 Å². The van der Waals surface area contributed by atoms with Gasteiger partial charge in [0, 0.05) is 24.5 Å². The maximum atomic E-state index is 12.8. The summed E-state index contributed by atoms with van der Waals surface area (Å²) in [4.78, 5) is 24.7. The monoisotopic (exact) mass is 383 g/mol. The summed E-state index contributed by atoms with van der Waals surface area (Å²) in [6.07, 6.45) is 4.93. The predicted octanol–water partition coefficient (Wildman–Crippen LogP) is 4.72. The van der Waals surface area contributed by atoms with Gasteiger partial charge in [0.15, 0.2) is 5.12 Å². The Bertz CT molecular complexity index is 561. The van der Waals surface area contributed by atoms with Crippen LogP contribution < -0.4 is 5.32 Å². The van der Waals surface area contributed by atoms with Gasteiger partial charge in [0.1, 0.15) is 11.4 Å². The summed E-state index contributed by atoms with van der Waals surface area (Å²) in [6.45, 7) is 6.81. The third kappa shape index (κ3) is 9.34. The van der Waals surface area contributed by atoms with E-state index in [1.54, 1.807) is 26.0 Å². The lowest BCUT2D eigenvalue weighted by Gasteiger charge is -2.24. The van der Waals surface area contributed by atoms with Crippen molar-refractivity contribution in [2.24, 2.45) is 0 Å². The Kier molecular flexibility index (Phi) is 10.5. The van der Waals surface area contributed by atoms with E-state index in [0.717, 1.165) is 48.8 Å². The number of hydrogen-bond donors (Lipinski definition) is 1. The van der Waals surface area contributed by atoms with Crippen LogP contribution in [0.4, 0.5) is 4.39 Å². The van der Waals surface area contributed by atoms with Crippen LogP contribution in [0.25, 0.3) is 0 Å². The summed E-state index contributed by atoms with van der Waals surface area (Å²) in [6, 6.07) is 5.92. The van der Waals surface area contributed by atoms with Crippen LogP contribution in [0.1, 0.15) is 59.3 Å². The fraction of sp³-hybridized carbons (Fsp3) is 0.600. The van der Waals surface area contributed by atoms with Gasteiger partial charge in [0.05, 0.1) is 0 Å². The molecule has 0 aliphatic rings. The molecule has 146 valence electrons. The molecule has 4 nitrogen and oxygen atoms in total. The maximum absolute atomic E-state index is 12.8. The molecule has 6 heteroatoms. The third-order valence-corrected chi connectivity index (χ3v) is 4.84. The number of carbonyl (C=O) groups excluding carboxylic acids is 2.